The Morgan fingerprint density at radius 2 is 1.65 bits per heavy atom. The first-order valence-electron chi connectivity index (χ1n) is 10.4. The predicted molar refractivity (Wildman–Crippen MR) is 130 cm³/mol. The molecule has 0 radical (unpaired) electrons. The van der Waals surface area contributed by atoms with Crippen molar-refractivity contribution in [1.82, 2.24) is 14.9 Å². The number of nitrogens with zero attached hydrogens (tertiary/aromatic N) is 2. The Morgan fingerprint density at radius 1 is 1.00 bits per heavy atom. The zero-order valence-electron chi connectivity index (χ0n) is 19.7. The number of fused-ring (bicyclic) bond motifs is 1. The fraction of sp³-hybridized carbons (Fsp3) is 0.348. The number of hydrogen-bond acceptors (Lipinski definition) is 8. The van der Waals surface area contributed by atoms with Crippen LogP contribution in [-0.4, -0.2) is 62.3 Å². The topological polar surface area (TPSA) is 115 Å². The zero-order chi connectivity index (χ0) is 24.8. The summed E-state index contributed by atoms with van der Waals surface area (Å²) in [6, 6.07) is 6.40. The van der Waals surface area contributed by atoms with Gasteiger partial charge in [-0.3, -0.25) is 14.5 Å². The van der Waals surface area contributed by atoms with Crippen LogP contribution in [-0.2, 0) is 11.3 Å². The second-order valence-corrected chi connectivity index (χ2v) is 7.68. The molecule has 2 N–H and O–H groups in total. The molecular formula is C23H27ClN4O6. The quantitative estimate of drug-likeness (QED) is 0.445. The lowest BCUT2D eigenvalue weighted by Crippen LogP contribution is -2.34. The van der Waals surface area contributed by atoms with Gasteiger partial charge in [-0.15, -0.1) is 0 Å². The highest BCUT2D eigenvalue weighted by atomic mass is 35.5. The van der Waals surface area contributed by atoms with Crippen molar-refractivity contribution in [2.24, 2.45) is 0 Å². The van der Waals surface area contributed by atoms with Gasteiger partial charge in [-0.1, -0.05) is 18.5 Å². The van der Waals surface area contributed by atoms with Gasteiger partial charge in [0.1, 0.15) is 17.3 Å². The van der Waals surface area contributed by atoms with Gasteiger partial charge in [0.2, 0.25) is 5.91 Å². The van der Waals surface area contributed by atoms with Gasteiger partial charge in [0.25, 0.3) is 5.56 Å². The molecular weight excluding hydrogens is 464 g/mol. The van der Waals surface area contributed by atoms with Gasteiger partial charge in [0.15, 0.2) is 11.5 Å². The van der Waals surface area contributed by atoms with Crippen molar-refractivity contribution in [2.45, 2.75) is 13.5 Å². The van der Waals surface area contributed by atoms with Crippen LogP contribution in [0.4, 0.5) is 5.69 Å². The number of aromatic nitrogens is 2. The van der Waals surface area contributed by atoms with E-state index in [0.717, 1.165) is 0 Å². The number of halogens is 1. The molecule has 0 fully saturated rings. The molecule has 1 amide bonds. The third kappa shape index (κ3) is 5.52. The first-order chi connectivity index (χ1) is 16.3. The van der Waals surface area contributed by atoms with E-state index in [1.54, 1.807) is 24.3 Å². The number of amides is 1. The summed E-state index contributed by atoms with van der Waals surface area (Å²) in [4.78, 5) is 34.5. The molecule has 11 heteroatoms. The monoisotopic (exact) mass is 490 g/mol. The molecule has 0 saturated carbocycles. The minimum Gasteiger partial charge on any atom is -0.495 e. The van der Waals surface area contributed by atoms with Gasteiger partial charge in [-0.05, 0) is 12.6 Å². The van der Waals surface area contributed by atoms with Crippen LogP contribution in [0, 0.1) is 0 Å². The number of carbonyl (C=O) groups is 1. The molecule has 1 heterocycles. The Kier molecular flexibility index (Phi) is 8.19. The molecule has 0 spiro atoms. The molecule has 0 bridgehead atoms. The third-order valence-electron chi connectivity index (χ3n) is 5.20. The van der Waals surface area contributed by atoms with E-state index in [-0.39, 0.29) is 24.6 Å². The van der Waals surface area contributed by atoms with Crippen LogP contribution in [0.25, 0.3) is 10.9 Å². The number of rotatable bonds is 10. The lowest BCUT2D eigenvalue weighted by molar-refractivity contribution is -0.117. The van der Waals surface area contributed by atoms with Gasteiger partial charge in [0.05, 0.1) is 63.1 Å². The Bertz CT molecular complexity index is 1250. The summed E-state index contributed by atoms with van der Waals surface area (Å²) in [6.45, 7) is 2.76. The van der Waals surface area contributed by atoms with E-state index in [1.165, 1.54) is 28.4 Å². The van der Waals surface area contributed by atoms with Crippen LogP contribution in [0.5, 0.6) is 23.0 Å². The molecule has 1 aromatic heterocycles. The van der Waals surface area contributed by atoms with Gasteiger partial charge in [0, 0.05) is 18.2 Å². The van der Waals surface area contributed by atoms with Gasteiger partial charge >= 0.3 is 0 Å². The largest absolute Gasteiger partial charge is 0.495 e. The highest BCUT2D eigenvalue weighted by Gasteiger charge is 2.17. The van der Waals surface area contributed by atoms with Gasteiger partial charge < -0.3 is 29.2 Å². The SMILES string of the molecule is CCN(CC(=O)Nc1cc(OC)c(Cl)cc1OC)Cc1nc2cc(OC)c(OC)cc2c(=O)[nH]1. The Balaban J connectivity index is 1.79. The molecule has 182 valence electrons. The lowest BCUT2D eigenvalue weighted by Gasteiger charge is -2.20. The summed E-state index contributed by atoms with van der Waals surface area (Å²) >= 11 is 6.13. The Labute approximate surface area is 201 Å². The number of carbonyl (C=O) groups excluding carboxylic acids is 1. The van der Waals surface area contributed by atoms with E-state index >= 15 is 0 Å². The zero-order valence-corrected chi connectivity index (χ0v) is 20.4. The summed E-state index contributed by atoms with van der Waals surface area (Å²) in [5.74, 6) is 1.88. The number of H-pyrrole nitrogens is 1. The van der Waals surface area contributed by atoms with Crippen LogP contribution >= 0.6 is 11.6 Å². The minimum absolute atomic E-state index is 0.0538. The maximum atomic E-state index is 12.8. The smallest absolute Gasteiger partial charge is 0.258 e. The van der Waals surface area contributed by atoms with E-state index < -0.39 is 0 Å². The van der Waals surface area contributed by atoms with Crippen molar-refractivity contribution in [3.63, 3.8) is 0 Å². The predicted octanol–water partition coefficient (Wildman–Crippen LogP) is 3.07. The molecule has 0 atom stereocenters. The summed E-state index contributed by atoms with van der Waals surface area (Å²) in [5, 5.41) is 3.56. The molecule has 0 aliphatic heterocycles. The summed E-state index contributed by atoms with van der Waals surface area (Å²) in [7, 11) is 5.99. The van der Waals surface area contributed by atoms with Gasteiger partial charge in [-0.2, -0.15) is 0 Å². The minimum atomic E-state index is -0.306. The molecule has 3 aromatic rings. The first kappa shape index (κ1) is 25.1. The average molecular weight is 491 g/mol. The number of nitrogens with one attached hydrogen (secondary N) is 2. The summed E-state index contributed by atoms with van der Waals surface area (Å²) < 4.78 is 21.1. The fourth-order valence-electron chi connectivity index (χ4n) is 3.43. The van der Waals surface area contributed by atoms with Crippen molar-refractivity contribution < 1.29 is 23.7 Å². The van der Waals surface area contributed by atoms with Crippen molar-refractivity contribution in [2.75, 3.05) is 46.8 Å². The number of methoxy groups -OCH3 is 4. The van der Waals surface area contributed by atoms with Crippen LogP contribution in [0.15, 0.2) is 29.1 Å². The number of benzene rings is 2. The number of anilines is 1. The molecule has 2 aromatic carbocycles. The first-order valence-corrected chi connectivity index (χ1v) is 10.8. The maximum absolute atomic E-state index is 12.8. The van der Waals surface area contributed by atoms with Crippen molar-refractivity contribution in [3.05, 3.63) is 45.5 Å². The maximum Gasteiger partial charge on any atom is 0.258 e. The van der Waals surface area contributed by atoms with E-state index in [4.69, 9.17) is 30.5 Å². The normalized spacial score (nSPS) is 10.9. The molecule has 0 aliphatic carbocycles. The van der Waals surface area contributed by atoms with Gasteiger partial charge in [-0.25, -0.2) is 4.98 Å². The van der Waals surface area contributed by atoms with E-state index in [2.05, 4.69) is 15.3 Å². The second kappa shape index (κ2) is 11.1. The molecule has 0 aliphatic rings. The number of ether oxygens (including phenoxy) is 4. The average Bonchev–Trinajstić information content (AvgIpc) is 2.83. The molecule has 3 rings (SSSR count). The third-order valence-corrected chi connectivity index (χ3v) is 5.49. The second-order valence-electron chi connectivity index (χ2n) is 7.28. The van der Waals surface area contributed by atoms with Crippen LogP contribution in [0.3, 0.4) is 0 Å². The number of likely N-dealkylation sites (N-methyl/N-ethyl adjacent to an activating group) is 1. The summed E-state index contributed by atoms with van der Waals surface area (Å²) in [5.41, 5.74) is 0.595. The van der Waals surface area contributed by atoms with Crippen LogP contribution in [0.2, 0.25) is 5.02 Å². The number of hydrogen-bond donors (Lipinski definition) is 2. The standard InChI is InChI=1S/C23H27ClN4O6/c1-6-28(12-22(29)26-16-10-17(31-2)14(24)8-18(16)32-3)11-21-25-15-9-20(34-5)19(33-4)7-13(15)23(30)27-21/h7-10H,6,11-12H2,1-5H3,(H,26,29)(H,25,27,30). The lowest BCUT2D eigenvalue weighted by atomic mass is 10.2. The molecule has 0 saturated heterocycles. The van der Waals surface area contributed by atoms with E-state index in [9.17, 15) is 9.59 Å². The summed E-state index contributed by atoms with van der Waals surface area (Å²) in [6.07, 6.45) is 0. The van der Waals surface area contributed by atoms with E-state index in [1.807, 2.05) is 11.8 Å². The molecule has 34 heavy (non-hydrogen) atoms. The molecule has 10 nitrogen and oxygen atoms in total. The Morgan fingerprint density at radius 3 is 2.26 bits per heavy atom. The Hall–Kier alpha value is -3.50. The fourth-order valence-corrected chi connectivity index (χ4v) is 3.66. The van der Waals surface area contributed by atoms with Crippen LogP contribution in [0.1, 0.15) is 12.7 Å². The van der Waals surface area contributed by atoms with Crippen LogP contribution < -0.4 is 29.8 Å². The highest BCUT2D eigenvalue weighted by molar-refractivity contribution is 6.32. The molecule has 0 unspecified atom stereocenters. The highest BCUT2D eigenvalue weighted by Crippen LogP contribution is 2.36. The van der Waals surface area contributed by atoms with Crippen molar-refractivity contribution >= 4 is 34.1 Å². The van der Waals surface area contributed by atoms with E-state index in [0.29, 0.717) is 57.0 Å². The van der Waals surface area contributed by atoms with Crippen molar-refractivity contribution in [1.29, 1.82) is 0 Å². The van der Waals surface area contributed by atoms with Crippen molar-refractivity contribution in [3.8, 4) is 23.0 Å². The number of aromatic amines is 1.